The molecule has 4 rings (SSSR count). The van der Waals surface area contributed by atoms with E-state index in [0.717, 1.165) is 23.4 Å². The molecule has 1 aromatic rings. The minimum atomic E-state index is -0.847. The van der Waals surface area contributed by atoms with Gasteiger partial charge >= 0.3 is 6.03 Å². The lowest BCUT2D eigenvalue weighted by Crippen LogP contribution is -2.52. The van der Waals surface area contributed by atoms with Gasteiger partial charge < -0.3 is 15.1 Å². The van der Waals surface area contributed by atoms with Crippen molar-refractivity contribution in [1.82, 2.24) is 15.1 Å². The number of nitrogens with zero attached hydrogens (tertiary/aromatic N) is 3. The van der Waals surface area contributed by atoms with Gasteiger partial charge in [0.15, 0.2) is 0 Å². The quantitative estimate of drug-likeness (QED) is 0.794. The highest BCUT2D eigenvalue weighted by molar-refractivity contribution is 6.33. The molecule has 1 aromatic carbocycles. The number of carbonyl (C=O) groups excluding carboxylic acids is 3. The van der Waals surface area contributed by atoms with Crippen LogP contribution in [-0.2, 0) is 9.59 Å². The molecule has 144 valence electrons. The van der Waals surface area contributed by atoms with Crippen LogP contribution < -0.4 is 10.2 Å². The lowest BCUT2D eigenvalue weighted by molar-refractivity contribution is -0.139. The zero-order valence-electron chi connectivity index (χ0n) is 15.3. The summed E-state index contributed by atoms with van der Waals surface area (Å²) < 4.78 is 0. The summed E-state index contributed by atoms with van der Waals surface area (Å²) in [6.45, 7) is 3.96. The summed E-state index contributed by atoms with van der Waals surface area (Å²) in [5, 5.41) is 3.47. The molecule has 0 aromatic heterocycles. The molecule has 3 aliphatic rings. The average Bonchev–Trinajstić information content (AvgIpc) is 3.48. The molecule has 0 radical (unpaired) electrons. The minimum Gasteiger partial charge on any atom is -0.367 e. The largest absolute Gasteiger partial charge is 0.367 e. The van der Waals surface area contributed by atoms with Crippen molar-refractivity contribution in [3.8, 4) is 0 Å². The summed E-state index contributed by atoms with van der Waals surface area (Å²) in [7, 11) is 0. The van der Waals surface area contributed by atoms with E-state index >= 15 is 0 Å². The van der Waals surface area contributed by atoms with Gasteiger partial charge in [0.05, 0.1) is 10.7 Å². The maximum atomic E-state index is 12.7. The van der Waals surface area contributed by atoms with Crippen molar-refractivity contribution >= 4 is 35.1 Å². The third-order valence-electron chi connectivity index (χ3n) is 5.81. The Morgan fingerprint density at radius 3 is 2.48 bits per heavy atom. The molecule has 2 heterocycles. The first-order valence-corrected chi connectivity index (χ1v) is 9.69. The lowest BCUT2D eigenvalue weighted by Gasteiger charge is -2.36. The van der Waals surface area contributed by atoms with Gasteiger partial charge in [0.25, 0.3) is 5.91 Å². The first-order valence-electron chi connectivity index (χ1n) is 9.31. The highest BCUT2D eigenvalue weighted by atomic mass is 35.5. The number of para-hydroxylation sites is 1. The van der Waals surface area contributed by atoms with Crippen LogP contribution in [0.15, 0.2) is 24.3 Å². The standard InChI is InChI=1S/C19H23ClN4O3/c1-19(13-6-7-13)17(26)24(18(27)21-19)12-16(25)23-10-8-22(9-11-23)15-5-3-2-4-14(15)20/h2-5,13H,6-12H2,1H3,(H,21,27)/t19-/m1/s1. The average molecular weight is 391 g/mol. The molecule has 2 saturated heterocycles. The number of hydrogen-bond acceptors (Lipinski definition) is 4. The zero-order chi connectivity index (χ0) is 19.2. The summed E-state index contributed by atoms with van der Waals surface area (Å²) >= 11 is 6.25. The topological polar surface area (TPSA) is 73.0 Å². The summed E-state index contributed by atoms with van der Waals surface area (Å²) in [5.74, 6) is -0.288. The Kier molecular flexibility index (Phi) is 4.50. The van der Waals surface area contributed by atoms with E-state index in [0.29, 0.717) is 31.2 Å². The summed E-state index contributed by atoms with van der Waals surface area (Å²) in [6, 6.07) is 7.18. The molecule has 0 spiro atoms. The van der Waals surface area contributed by atoms with E-state index in [9.17, 15) is 14.4 Å². The van der Waals surface area contributed by atoms with Gasteiger partial charge in [-0.15, -0.1) is 0 Å². The number of piperazine rings is 1. The Morgan fingerprint density at radius 1 is 1.19 bits per heavy atom. The molecule has 1 saturated carbocycles. The monoisotopic (exact) mass is 390 g/mol. The second kappa shape index (κ2) is 6.71. The number of nitrogens with one attached hydrogen (secondary N) is 1. The molecule has 0 unspecified atom stereocenters. The molecule has 27 heavy (non-hydrogen) atoms. The number of anilines is 1. The van der Waals surface area contributed by atoms with Crippen LogP contribution in [0.4, 0.5) is 10.5 Å². The van der Waals surface area contributed by atoms with Crippen molar-refractivity contribution in [2.75, 3.05) is 37.6 Å². The SMILES string of the molecule is C[C@]1(C2CC2)NC(=O)N(CC(=O)N2CCN(c3ccccc3Cl)CC2)C1=O. The number of benzene rings is 1. The fraction of sp³-hybridized carbons (Fsp3) is 0.526. The molecule has 7 nitrogen and oxygen atoms in total. The third-order valence-corrected chi connectivity index (χ3v) is 6.13. The maximum Gasteiger partial charge on any atom is 0.325 e. The van der Waals surface area contributed by atoms with Crippen LogP contribution in [0.2, 0.25) is 5.02 Å². The Balaban J connectivity index is 1.35. The Hall–Kier alpha value is -2.28. The number of halogens is 1. The Morgan fingerprint density at radius 2 is 1.85 bits per heavy atom. The smallest absolute Gasteiger partial charge is 0.325 e. The van der Waals surface area contributed by atoms with Gasteiger partial charge in [0.1, 0.15) is 12.1 Å². The van der Waals surface area contributed by atoms with Gasteiger partial charge in [-0.3, -0.25) is 14.5 Å². The van der Waals surface area contributed by atoms with Crippen molar-refractivity contribution in [2.45, 2.75) is 25.3 Å². The summed E-state index contributed by atoms with van der Waals surface area (Å²) in [6.07, 6.45) is 1.88. The van der Waals surface area contributed by atoms with Gasteiger partial charge in [0, 0.05) is 26.2 Å². The van der Waals surface area contributed by atoms with E-state index in [2.05, 4.69) is 10.2 Å². The van der Waals surface area contributed by atoms with Crippen LogP contribution in [0, 0.1) is 5.92 Å². The fourth-order valence-electron chi connectivity index (χ4n) is 3.94. The van der Waals surface area contributed by atoms with E-state index in [1.54, 1.807) is 11.8 Å². The highest BCUT2D eigenvalue weighted by Crippen LogP contribution is 2.42. The first kappa shape index (κ1) is 18.1. The van der Waals surface area contributed by atoms with Crippen LogP contribution >= 0.6 is 11.6 Å². The third kappa shape index (κ3) is 3.25. The fourth-order valence-corrected chi connectivity index (χ4v) is 4.19. The van der Waals surface area contributed by atoms with Crippen molar-refractivity contribution < 1.29 is 14.4 Å². The molecule has 3 fully saturated rings. The molecule has 1 N–H and O–H groups in total. The number of urea groups is 1. The number of rotatable bonds is 4. The maximum absolute atomic E-state index is 12.7. The number of imide groups is 1. The molecular formula is C19H23ClN4O3. The predicted molar refractivity (Wildman–Crippen MR) is 102 cm³/mol. The van der Waals surface area contributed by atoms with Crippen molar-refractivity contribution in [3.63, 3.8) is 0 Å². The Labute approximate surface area is 163 Å². The van der Waals surface area contributed by atoms with E-state index in [4.69, 9.17) is 11.6 Å². The predicted octanol–water partition coefficient (Wildman–Crippen LogP) is 1.71. The van der Waals surface area contributed by atoms with E-state index in [1.807, 2.05) is 24.3 Å². The van der Waals surface area contributed by atoms with Gasteiger partial charge in [-0.25, -0.2) is 4.79 Å². The van der Waals surface area contributed by atoms with Crippen LogP contribution in [-0.4, -0.2) is 65.9 Å². The van der Waals surface area contributed by atoms with Gasteiger partial charge in [0.2, 0.25) is 5.91 Å². The molecule has 0 bridgehead atoms. The molecule has 4 amide bonds. The molecule has 8 heteroatoms. The molecule has 1 atom stereocenters. The van der Waals surface area contributed by atoms with Crippen molar-refractivity contribution in [3.05, 3.63) is 29.3 Å². The van der Waals surface area contributed by atoms with Gasteiger partial charge in [-0.05, 0) is 37.8 Å². The van der Waals surface area contributed by atoms with Gasteiger partial charge in [-0.1, -0.05) is 23.7 Å². The van der Waals surface area contributed by atoms with E-state index < -0.39 is 11.6 Å². The molecule has 2 aliphatic heterocycles. The van der Waals surface area contributed by atoms with Gasteiger partial charge in [-0.2, -0.15) is 0 Å². The first-order chi connectivity index (χ1) is 12.9. The second-order valence-corrected chi connectivity index (χ2v) is 8.02. The van der Waals surface area contributed by atoms with Crippen LogP contribution in [0.3, 0.4) is 0 Å². The molecule has 1 aliphatic carbocycles. The Bertz CT molecular complexity index is 789. The van der Waals surface area contributed by atoms with Crippen LogP contribution in [0.1, 0.15) is 19.8 Å². The lowest BCUT2D eigenvalue weighted by atomic mass is 9.96. The number of carbonyl (C=O) groups is 3. The van der Waals surface area contributed by atoms with Crippen molar-refractivity contribution in [2.24, 2.45) is 5.92 Å². The van der Waals surface area contributed by atoms with Crippen molar-refractivity contribution in [1.29, 1.82) is 0 Å². The summed E-state index contributed by atoms with van der Waals surface area (Å²) in [4.78, 5) is 42.5. The highest BCUT2D eigenvalue weighted by Gasteiger charge is 2.56. The number of hydrogen-bond donors (Lipinski definition) is 1. The second-order valence-electron chi connectivity index (χ2n) is 7.62. The normalized spacial score (nSPS) is 25.8. The van der Waals surface area contributed by atoms with Crippen LogP contribution in [0.5, 0.6) is 0 Å². The van der Waals surface area contributed by atoms with Crippen LogP contribution in [0.25, 0.3) is 0 Å². The summed E-state index contributed by atoms with van der Waals surface area (Å²) in [5.41, 5.74) is 0.112. The van der Waals surface area contributed by atoms with E-state index in [1.165, 1.54) is 0 Å². The minimum absolute atomic E-state index is 0.188. The number of amides is 4. The zero-order valence-corrected chi connectivity index (χ0v) is 16.0. The van der Waals surface area contributed by atoms with E-state index in [-0.39, 0.29) is 24.3 Å². The molecular weight excluding hydrogens is 368 g/mol.